The first-order valence-corrected chi connectivity index (χ1v) is 7.50. The van der Waals surface area contributed by atoms with Gasteiger partial charge in [-0.3, -0.25) is 4.79 Å². The van der Waals surface area contributed by atoms with E-state index in [4.69, 9.17) is 4.74 Å². The van der Waals surface area contributed by atoms with Crippen molar-refractivity contribution in [3.05, 3.63) is 29.8 Å². The molecule has 2 fully saturated rings. The van der Waals surface area contributed by atoms with Gasteiger partial charge in [0.25, 0.3) is 0 Å². The highest BCUT2D eigenvalue weighted by Gasteiger charge is 2.43. The molecule has 2 aliphatic rings. The minimum absolute atomic E-state index is 0.146. The molecule has 0 spiro atoms. The van der Waals surface area contributed by atoms with Crippen molar-refractivity contribution in [2.24, 2.45) is 0 Å². The molecule has 0 radical (unpaired) electrons. The van der Waals surface area contributed by atoms with Gasteiger partial charge in [0, 0.05) is 11.6 Å². The highest BCUT2D eigenvalue weighted by atomic mass is 32.2. The van der Waals surface area contributed by atoms with Crippen molar-refractivity contribution in [1.29, 1.82) is 0 Å². The van der Waals surface area contributed by atoms with Crippen LogP contribution in [-0.2, 0) is 4.79 Å². The van der Waals surface area contributed by atoms with Crippen LogP contribution in [0.25, 0.3) is 0 Å². The lowest BCUT2D eigenvalue weighted by atomic mass is 10.2. The molecule has 1 aliphatic carbocycles. The number of carbonyl (C=O) groups is 1. The van der Waals surface area contributed by atoms with Gasteiger partial charge in [-0.25, -0.2) is 0 Å². The minimum atomic E-state index is 0.146. The van der Waals surface area contributed by atoms with Crippen LogP contribution in [-0.4, -0.2) is 29.2 Å². The third-order valence-corrected chi connectivity index (χ3v) is 4.54. The van der Waals surface area contributed by atoms with E-state index >= 15 is 0 Å². The average Bonchev–Trinajstić information content (AvgIpc) is 3.14. The van der Waals surface area contributed by atoms with Gasteiger partial charge < -0.3 is 9.64 Å². The molecule has 1 aromatic rings. The summed E-state index contributed by atoms with van der Waals surface area (Å²) in [5, 5.41) is 0.146. The maximum Gasteiger partial charge on any atom is 0.234 e. The highest BCUT2D eigenvalue weighted by molar-refractivity contribution is 8.00. The second kappa shape index (κ2) is 4.84. The zero-order valence-corrected chi connectivity index (χ0v) is 11.3. The van der Waals surface area contributed by atoms with E-state index in [0.717, 1.165) is 24.2 Å². The fourth-order valence-electron chi connectivity index (χ4n) is 2.39. The molecule has 1 aromatic carbocycles. The van der Waals surface area contributed by atoms with Crippen molar-refractivity contribution in [3.8, 4) is 5.75 Å². The van der Waals surface area contributed by atoms with E-state index in [1.807, 2.05) is 25.1 Å². The number of benzene rings is 1. The Morgan fingerprint density at radius 1 is 1.39 bits per heavy atom. The summed E-state index contributed by atoms with van der Waals surface area (Å²) in [4.78, 5) is 14.0. The molecule has 18 heavy (non-hydrogen) atoms. The number of amides is 1. The Hall–Kier alpha value is -1.16. The number of thioether (sulfide) groups is 1. The molecule has 1 saturated heterocycles. The molecule has 4 heteroatoms. The quantitative estimate of drug-likeness (QED) is 0.836. The number of rotatable bonds is 4. The smallest absolute Gasteiger partial charge is 0.234 e. The van der Waals surface area contributed by atoms with Crippen LogP contribution < -0.4 is 4.74 Å². The predicted octanol–water partition coefficient (Wildman–Crippen LogP) is 2.82. The van der Waals surface area contributed by atoms with Crippen LogP contribution in [0.4, 0.5) is 0 Å². The normalized spacial score (nSPS) is 23.5. The molecule has 0 bridgehead atoms. The first-order chi connectivity index (χ1) is 8.81. The Kier molecular flexibility index (Phi) is 3.20. The molecule has 0 N–H and O–H groups in total. The van der Waals surface area contributed by atoms with Crippen LogP contribution in [0.1, 0.15) is 30.7 Å². The number of para-hydroxylation sites is 1. The summed E-state index contributed by atoms with van der Waals surface area (Å²) >= 11 is 1.72. The monoisotopic (exact) mass is 263 g/mol. The molecule has 0 aromatic heterocycles. The number of carbonyl (C=O) groups excluding carboxylic acids is 1. The molecule has 1 aliphatic heterocycles. The van der Waals surface area contributed by atoms with E-state index in [0.29, 0.717) is 18.4 Å². The third kappa shape index (κ3) is 2.09. The lowest BCUT2D eigenvalue weighted by Gasteiger charge is -2.25. The minimum Gasteiger partial charge on any atom is -0.493 e. The number of ether oxygens (including phenoxy) is 1. The van der Waals surface area contributed by atoms with Crippen LogP contribution in [0.2, 0.25) is 0 Å². The van der Waals surface area contributed by atoms with E-state index < -0.39 is 0 Å². The van der Waals surface area contributed by atoms with Crippen LogP contribution in [0.3, 0.4) is 0 Å². The Balaban J connectivity index is 1.91. The SMILES string of the molecule is CCOc1ccccc1[C@@H]1SCC(=O)N1C1CC1. The van der Waals surface area contributed by atoms with Crippen molar-refractivity contribution in [3.63, 3.8) is 0 Å². The second-order valence-corrected chi connectivity index (χ2v) is 5.73. The number of nitrogens with zero attached hydrogens (tertiary/aromatic N) is 1. The summed E-state index contributed by atoms with van der Waals surface area (Å²) in [6, 6.07) is 8.54. The fourth-order valence-corrected chi connectivity index (χ4v) is 3.67. The fraction of sp³-hybridized carbons (Fsp3) is 0.500. The standard InChI is InChI=1S/C14H17NO2S/c1-2-17-12-6-4-3-5-11(12)14-15(10-7-8-10)13(16)9-18-14/h3-6,10,14H,2,7-9H2,1H3/t14-/m0/s1. The van der Waals surface area contributed by atoms with Gasteiger partial charge in [0.15, 0.2) is 0 Å². The van der Waals surface area contributed by atoms with Crippen molar-refractivity contribution in [2.75, 3.05) is 12.4 Å². The maximum absolute atomic E-state index is 12.0. The van der Waals surface area contributed by atoms with Crippen molar-refractivity contribution >= 4 is 17.7 Å². The molecule has 1 heterocycles. The van der Waals surface area contributed by atoms with Crippen molar-refractivity contribution in [1.82, 2.24) is 4.90 Å². The third-order valence-electron chi connectivity index (χ3n) is 3.33. The van der Waals surface area contributed by atoms with E-state index in [1.54, 1.807) is 11.8 Å². The average molecular weight is 263 g/mol. The predicted molar refractivity (Wildman–Crippen MR) is 72.7 cm³/mol. The summed E-state index contributed by atoms with van der Waals surface area (Å²) in [7, 11) is 0. The molecule has 1 amide bonds. The van der Waals surface area contributed by atoms with Crippen LogP contribution in [0.5, 0.6) is 5.75 Å². The first kappa shape index (κ1) is 11.9. The molecule has 96 valence electrons. The van der Waals surface area contributed by atoms with Gasteiger partial charge in [-0.1, -0.05) is 18.2 Å². The maximum atomic E-state index is 12.0. The molecular formula is C14H17NO2S. The van der Waals surface area contributed by atoms with E-state index in [-0.39, 0.29) is 11.3 Å². The van der Waals surface area contributed by atoms with Crippen molar-refractivity contribution < 1.29 is 9.53 Å². The summed E-state index contributed by atoms with van der Waals surface area (Å²) in [5.41, 5.74) is 1.14. The van der Waals surface area contributed by atoms with Gasteiger partial charge in [0.05, 0.1) is 12.4 Å². The Morgan fingerprint density at radius 2 is 2.17 bits per heavy atom. The zero-order valence-electron chi connectivity index (χ0n) is 10.5. The lowest BCUT2D eigenvalue weighted by Crippen LogP contribution is -2.30. The number of hydrogen-bond acceptors (Lipinski definition) is 3. The Bertz CT molecular complexity index is 459. The molecule has 3 rings (SSSR count). The van der Waals surface area contributed by atoms with Gasteiger partial charge in [0.2, 0.25) is 5.91 Å². The first-order valence-electron chi connectivity index (χ1n) is 6.45. The van der Waals surface area contributed by atoms with Gasteiger partial charge in [-0.05, 0) is 25.8 Å². The Morgan fingerprint density at radius 3 is 2.89 bits per heavy atom. The van der Waals surface area contributed by atoms with Gasteiger partial charge >= 0.3 is 0 Å². The number of hydrogen-bond donors (Lipinski definition) is 0. The van der Waals surface area contributed by atoms with Gasteiger partial charge in [-0.15, -0.1) is 11.8 Å². The summed E-state index contributed by atoms with van der Waals surface area (Å²) in [6.45, 7) is 2.65. The van der Waals surface area contributed by atoms with Crippen LogP contribution in [0.15, 0.2) is 24.3 Å². The summed E-state index contributed by atoms with van der Waals surface area (Å²) < 4.78 is 5.68. The molecule has 0 unspecified atom stereocenters. The topological polar surface area (TPSA) is 29.5 Å². The van der Waals surface area contributed by atoms with Crippen molar-refractivity contribution in [2.45, 2.75) is 31.2 Å². The van der Waals surface area contributed by atoms with Crippen LogP contribution >= 0.6 is 11.8 Å². The zero-order chi connectivity index (χ0) is 12.5. The second-order valence-electron chi connectivity index (χ2n) is 4.67. The molecule has 1 atom stereocenters. The van der Waals surface area contributed by atoms with Gasteiger partial charge in [-0.2, -0.15) is 0 Å². The van der Waals surface area contributed by atoms with E-state index in [2.05, 4.69) is 11.0 Å². The molecule has 3 nitrogen and oxygen atoms in total. The van der Waals surface area contributed by atoms with Gasteiger partial charge in [0.1, 0.15) is 11.1 Å². The lowest BCUT2D eigenvalue weighted by molar-refractivity contribution is -0.128. The summed E-state index contributed by atoms with van der Waals surface area (Å²) in [5.74, 6) is 1.79. The van der Waals surface area contributed by atoms with Crippen LogP contribution in [0, 0.1) is 0 Å². The largest absolute Gasteiger partial charge is 0.493 e. The van der Waals surface area contributed by atoms with E-state index in [1.165, 1.54) is 0 Å². The molecule has 1 saturated carbocycles. The summed E-state index contributed by atoms with van der Waals surface area (Å²) in [6.07, 6.45) is 2.30. The highest BCUT2D eigenvalue weighted by Crippen LogP contribution is 2.47. The van der Waals surface area contributed by atoms with E-state index in [9.17, 15) is 4.79 Å². The molecular weight excluding hydrogens is 246 g/mol. The Labute approximate surface area is 111 Å².